The first-order valence-electron chi connectivity index (χ1n) is 12.2. The van der Waals surface area contributed by atoms with Gasteiger partial charge in [0.15, 0.2) is 0 Å². The highest BCUT2D eigenvalue weighted by Gasteiger charge is 2.22. The van der Waals surface area contributed by atoms with E-state index < -0.39 is 0 Å². The van der Waals surface area contributed by atoms with Crippen molar-refractivity contribution >= 4 is 0 Å². The zero-order chi connectivity index (χ0) is 21.0. The Hall–Kier alpha value is -1.86. The van der Waals surface area contributed by atoms with Crippen LogP contribution in [0.15, 0.2) is 61.2 Å². The van der Waals surface area contributed by atoms with Gasteiger partial charge < -0.3 is 4.74 Å². The van der Waals surface area contributed by atoms with Crippen molar-refractivity contribution in [2.45, 2.75) is 83.7 Å². The van der Waals surface area contributed by atoms with Crippen LogP contribution in [-0.2, 0) is 11.3 Å². The third-order valence-electron chi connectivity index (χ3n) is 6.74. The molecule has 1 fully saturated rings. The van der Waals surface area contributed by atoms with Gasteiger partial charge in [0.05, 0.1) is 13.2 Å². The molecule has 0 unspecified atom stereocenters. The lowest BCUT2D eigenvalue weighted by atomic mass is 9.77. The zero-order valence-electron chi connectivity index (χ0n) is 19.0. The number of hydrogen-bond donors (Lipinski definition) is 0. The molecular weight excluding hydrogens is 364 g/mol. The average molecular weight is 405 g/mol. The average Bonchev–Trinajstić information content (AvgIpc) is 2.80. The van der Waals surface area contributed by atoms with E-state index in [1.807, 2.05) is 0 Å². The molecule has 0 aromatic heterocycles. The number of benzene rings is 2. The highest BCUT2D eigenvalue weighted by atomic mass is 16.5. The maximum atomic E-state index is 5.52. The lowest BCUT2D eigenvalue weighted by Crippen LogP contribution is -2.13. The van der Waals surface area contributed by atoms with Gasteiger partial charge in [0.2, 0.25) is 0 Å². The predicted octanol–water partition coefficient (Wildman–Crippen LogP) is 8.69. The lowest BCUT2D eigenvalue weighted by molar-refractivity contribution is 0.149. The summed E-state index contributed by atoms with van der Waals surface area (Å²) in [6.07, 6.45) is 15.9. The SMILES string of the molecule is C=CCOCc1ccc(-c2ccc([C@H]3CC[C@H](CCCCCCC)CC3)cc2)cc1. The third-order valence-corrected chi connectivity index (χ3v) is 6.74. The van der Waals surface area contributed by atoms with Crippen LogP contribution in [0.4, 0.5) is 0 Å². The smallest absolute Gasteiger partial charge is 0.0721 e. The van der Waals surface area contributed by atoms with Crippen LogP contribution in [0.5, 0.6) is 0 Å². The molecule has 0 N–H and O–H groups in total. The van der Waals surface area contributed by atoms with Crippen molar-refractivity contribution in [1.82, 2.24) is 0 Å². The second-order valence-electron chi connectivity index (χ2n) is 9.04. The van der Waals surface area contributed by atoms with Crippen LogP contribution in [0.25, 0.3) is 11.1 Å². The van der Waals surface area contributed by atoms with Gasteiger partial charge in [0.25, 0.3) is 0 Å². The van der Waals surface area contributed by atoms with E-state index in [1.165, 1.54) is 86.5 Å². The van der Waals surface area contributed by atoms with E-state index in [-0.39, 0.29) is 0 Å². The molecule has 0 spiro atoms. The molecule has 0 amide bonds. The minimum atomic E-state index is 0.601. The fraction of sp³-hybridized carbons (Fsp3) is 0.517. The van der Waals surface area contributed by atoms with E-state index in [0.29, 0.717) is 13.2 Å². The monoisotopic (exact) mass is 404 g/mol. The molecule has 2 aromatic carbocycles. The Kier molecular flexibility index (Phi) is 9.70. The maximum absolute atomic E-state index is 5.52. The van der Waals surface area contributed by atoms with Crippen molar-refractivity contribution in [2.75, 3.05) is 6.61 Å². The van der Waals surface area contributed by atoms with Crippen LogP contribution in [0.1, 0.15) is 88.2 Å². The van der Waals surface area contributed by atoms with Crippen molar-refractivity contribution in [2.24, 2.45) is 5.92 Å². The Labute approximate surface area is 184 Å². The van der Waals surface area contributed by atoms with Gasteiger partial charge in [-0.1, -0.05) is 100 Å². The number of ether oxygens (including phenoxy) is 1. The first-order valence-corrected chi connectivity index (χ1v) is 12.2. The Morgan fingerprint density at radius 3 is 2.10 bits per heavy atom. The van der Waals surface area contributed by atoms with Gasteiger partial charge in [-0.15, -0.1) is 6.58 Å². The first kappa shape index (κ1) is 22.8. The zero-order valence-corrected chi connectivity index (χ0v) is 19.0. The quantitative estimate of drug-likeness (QED) is 0.254. The van der Waals surface area contributed by atoms with Crippen molar-refractivity contribution < 1.29 is 4.74 Å². The maximum Gasteiger partial charge on any atom is 0.0721 e. The van der Waals surface area contributed by atoms with E-state index in [1.54, 1.807) is 6.08 Å². The van der Waals surface area contributed by atoms with E-state index in [4.69, 9.17) is 4.74 Å². The molecule has 0 saturated heterocycles. The third kappa shape index (κ3) is 7.13. The molecule has 162 valence electrons. The van der Waals surface area contributed by atoms with Crippen molar-refractivity contribution in [3.63, 3.8) is 0 Å². The van der Waals surface area contributed by atoms with Gasteiger partial charge in [0, 0.05) is 0 Å². The highest BCUT2D eigenvalue weighted by Crippen LogP contribution is 2.38. The molecule has 0 radical (unpaired) electrons. The number of hydrogen-bond acceptors (Lipinski definition) is 1. The Morgan fingerprint density at radius 1 is 0.833 bits per heavy atom. The van der Waals surface area contributed by atoms with Crippen LogP contribution >= 0.6 is 0 Å². The summed E-state index contributed by atoms with van der Waals surface area (Å²) in [7, 11) is 0. The lowest BCUT2D eigenvalue weighted by Gasteiger charge is -2.29. The molecule has 0 bridgehead atoms. The molecule has 30 heavy (non-hydrogen) atoms. The fourth-order valence-corrected chi connectivity index (χ4v) is 4.82. The molecule has 1 aliphatic carbocycles. The second-order valence-corrected chi connectivity index (χ2v) is 9.04. The van der Waals surface area contributed by atoms with Gasteiger partial charge >= 0.3 is 0 Å². The van der Waals surface area contributed by atoms with Crippen LogP contribution in [0.3, 0.4) is 0 Å². The summed E-state index contributed by atoms with van der Waals surface area (Å²) in [6, 6.07) is 18.1. The Bertz CT molecular complexity index is 720. The van der Waals surface area contributed by atoms with Crippen LogP contribution < -0.4 is 0 Å². The summed E-state index contributed by atoms with van der Waals surface area (Å²) in [4.78, 5) is 0. The van der Waals surface area contributed by atoms with Crippen LogP contribution in [-0.4, -0.2) is 6.61 Å². The molecule has 1 aliphatic rings. The number of rotatable bonds is 12. The van der Waals surface area contributed by atoms with E-state index in [0.717, 1.165) is 11.8 Å². The summed E-state index contributed by atoms with van der Waals surface area (Å²) < 4.78 is 5.52. The first-order chi connectivity index (χ1) is 14.8. The molecular formula is C29H40O. The molecule has 1 saturated carbocycles. The minimum Gasteiger partial charge on any atom is -0.373 e. The molecule has 1 heteroatoms. The van der Waals surface area contributed by atoms with E-state index in [9.17, 15) is 0 Å². The Balaban J connectivity index is 1.45. The molecule has 0 aliphatic heterocycles. The normalized spacial score (nSPS) is 19.0. The Morgan fingerprint density at radius 2 is 1.47 bits per heavy atom. The second kappa shape index (κ2) is 12.7. The predicted molar refractivity (Wildman–Crippen MR) is 130 cm³/mol. The van der Waals surface area contributed by atoms with Gasteiger partial charge in [-0.3, -0.25) is 0 Å². The summed E-state index contributed by atoms with van der Waals surface area (Å²) in [5.74, 6) is 1.75. The van der Waals surface area contributed by atoms with Crippen LogP contribution in [0.2, 0.25) is 0 Å². The minimum absolute atomic E-state index is 0.601. The highest BCUT2D eigenvalue weighted by molar-refractivity contribution is 5.64. The van der Waals surface area contributed by atoms with Crippen molar-refractivity contribution in [3.8, 4) is 11.1 Å². The fourth-order valence-electron chi connectivity index (χ4n) is 4.82. The summed E-state index contributed by atoms with van der Waals surface area (Å²) in [5.41, 5.74) is 5.33. The molecule has 3 rings (SSSR count). The summed E-state index contributed by atoms with van der Waals surface area (Å²) >= 11 is 0. The molecule has 2 aromatic rings. The molecule has 0 atom stereocenters. The summed E-state index contributed by atoms with van der Waals surface area (Å²) in [5, 5.41) is 0. The van der Waals surface area contributed by atoms with Gasteiger partial charge in [-0.2, -0.15) is 0 Å². The van der Waals surface area contributed by atoms with Crippen molar-refractivity contribution in [1.29, 1.82) is 0 Å². The van der Waals surface area contributed by atoms with Gasteiger partial charge in [0.1, 0.15) is 0 Å². The number of unbranched alkanes of at least 4 members (excludes halogenated alkanes) is 4. The van der Waals surface area contributed by atoms with E-state index in [2.05, 4.69) is 62.0 Å². The summed E-state index contributed by atoms with van der Waals surface area (Å²) in [6.45, 7) is 7.23. The molecule has 0 heterocycles. The van der Waals surface area contributed by atoms with Gasteiger partial charge in [-0.25, -0.2) is 0 Å². The largest absolute Gasteiger partial charge is 0.373 e. The molecule has 1 nitrogen and oxygen atoms in total. The van der Waals surface area contributed by atoms with E-state index >= 15 is 0 Å². The van der Waals surface area contributed by atoms with Crippen molar-refractivity contribution in [3.05, 3.63) is 72.3 Å². The topological polar surface area (TPSA) is 9.23 Å². The standard InChI is InChI=1S/C29H40O/c1-3-5-6-7-8-9-24-10-14-26(15-11-24)28-18-20-29(21-19-28)27-16-12-25(13-17-27)23-30-22-4-2/h4,12-13,16-21,24,26H,2-3,5-11,14-15,22-23H2,1H3/t24-,26-. The van der Waals surface area contributed by atoms with Gasteiger partial charge in [-0.05, 0) is 59.8 Å². The van der Waals surface area contributed by atoms with Crippen LogP contribution in [0, 0.1) is 5.92 Å².